The Kier molecular flexibility index (Phi) is 8.15. The summed E-state index contributed by atoms with van der Waals surface area (Å²) in [6.45, 7) is 6.97. The predicted octanol–water partition coefficient (Wildman–Crippen LogP) is 14.3. The van der Waals surface area contributed by atoms with Crippen molar-refractivity contribution in [2.24, 2.45) is 0 Å². The maximum Gasteiger partial charge on any atom is 0.416 e. The predicted molar refractivity (Wildman–Crippen MR) is 218 cm³/mol. The van der Waals surface area contributed by atoms with Crippen LogP contribution in [0.25, 0.3) is 32.7 Å². The summed E-state index contributed by atoms with van der Waals surface area (Å²) in [5, 5.41) is 3.84. The number of fused-ring (bicyclic) bond motifs is 4. The van der Waals surface area contributed by atoms with Crippen LogP contribution in [0.3, 0.4) is 0 Å². The highest BCUT2D eigenvalue weighted by Gasteiger charge is 2.37. The Bertz CT molecular complexity index is 2650. The monoisotopic (exact) mass is 774 g/mol. The van der Waals surface area contributed by atoms with Crippen LogP contribution in [0.15, 0.2) is 170 Å². The number of para-hydroxylation sites is 4. The molecular formula is C48H28F6N4. The maximum absolute atomic E-state index is 13.6. The van der Waals surface area contributed by atoms with Crippen LogP contribution in [-0.4, -0.2) is 0 Å². The van der Waals surface area contributed by atoms with Gasteiger partial charge in [-0.25, -0.2) is 0 Å². The van der Waals surface area contributed by atoms with Gasteiger partial charge in [-0.2, -0.15) is 26.3 Å². The van der Waals surface area contributed by atoms with Crippen molar-refractivity contribution in [2.75, 3.05) is 19.6 Å². The second-order valence-corrected chi connectivity index (χ2v) is 14.0. The summed E-state index contributed by atoms with van der Waals surface area (Å²) in [6, 6.07) is 49.6. The second-order valence-electron chi connectivity index (χ2n) is 14.0. The summed E-state index contributed by atoms with van der Waals surface area (Å²) in [5.74, 6) is 0. The largest absolute Gasteiger partial charge is 0.416 e. The van der Waals surface area contributed by atoms with E-state index in [1.807, 2.05) is 119 Å². The van der Waals surface area contributed by atoms with Gasteiger partial charge in [0.1, 0.15) is 0 Å². The first-order valence-electron chi connectivity index (χ1n) is 18.3. The van der Waals surface area contributed by atoms with E-state index in [0.29, 0.717) is 11.4 Å². The third-order valence-electron chi connectivity index (χ3n) is 10.6. The number of nitrogens with zero attached hydrogens (tertiary/aromatic N) is 4. The molecule has 0 atom stereocenters. The Labute approximate surface area is 330 Å². The van der Waals surface area contributed by atoms with Gasteiger partial charge < -0.3 is 19.6 Å². The van der Waals surface area contributed by atoms with Crippen LogP contribution in [0.5, 0.6) is 0 Å². The topological polar surface area (TPSA) is 13.0 Å². The lowest BCUT2D eigenvalue weighted by molar-refractivity contribution is -0.138. The van der Waals surface area contributed by atoms with Crippen molar-refractivity contribution in [3.8, 4) is 11.1 Å². The fraction of sp³-hybridized carbons (Fsp3) is 0.0417. The van der Waals surface area contributed by atoms with Gasteiger partial charge in [0.2, 0.25) is 13.3 Å². The van der Waals surface area contributed by atoms with E-state index in [-0.39, 0.29) is 0 Å². The van der Waals surface area contributed by atoms with Crippen LogP contribution in [-0.2, 0) is 12.4 Å². The Morgan fingerprint density at radius 2 is 0.638 bits per heavy atom. The second kappa shape index (κ2) is 13.3. The van der Waals surface area contributed by atoms with Crippen molar-refractivity contribution in [1.82, 2.24) is 0 Å². The third kappa shape index (κ3) is 5.86. The zero-order chi connectivity index (χ0) is 39.8. The molecule has 10 rings (SSSR count). The molecule has 58 heavy (non-hydrogen) atoms. The van der Waals surface area contributed by atoms with Crippen LogP contribution in [0.1, 0.15) is 11.1 Å². The number of benzene rings is 8. The summed E-state index contributed by atoms with van der Waals surface area (Å²) >= 11 is 0. The number of rotatable bonds is 5. The Balaban J connectivity index is 1.17. The molecule has 4 nitrogen and oxygen atoms in total. The lowest BCUT2D eigenvalue weighted by Crippen LogP contribution is -2.20. The van der Waals surface area contributed by atoms with Crippen molar-refractivity contribution in [3.05, 3.63) is 194 Å². The van der Waals surface area contributed by atoms with Gasteiger partial charge in [0, 0.05) is 22.5 Å². The van der Waals surface area contributed by atoms with Crippen LogP contribution >= 0.6 is 0 Å². The molecule has 282 valence electrons. The van der Waals surface area contributed by atoms with Gasteiger partial charge in [-0.15, -0.1) is 0 Å². The Morgan fingerprint density at radius 3 is 1.00 bits per heavy atom. The SMILES string of the molecule is FC(F)(F)c1ccc(N2[C]N(c3ccc4ccccc4c3-c3c(N4[C]N(c5ccc(C(F)(F)F)cc5)c5ccccc54)ccc4ccccc34)c3ccccc32)cc1. The molecule has 0 spiro atoms. The quantitative estimate of drug-likeness (QED) is 0.161. The minimum Gasteiger partial charge on any atom is -0.308 e. The molecule has 0 saturated heterocycles. The lowest BCUT2D eigenvalue weighted by Gasteiger charge is -2.28. The molecule has 10 heteroatoms. The molecular weight excluding hydrogens is 747 g/mol. The van der Waals surface area contributed by atoms with Crippen LogP contribution < -0.4 is 19.6 Å². The number of hydrogen-bond acceptors (Lipinski definition) is 4. The summed E-state index contributed by atoms with van der Waals surface area (Å²) in [4.78, 5) is 7.41. The average molecular weight is 775 g/mol. The zero-order valence-electron chi connectivity index (χ0n) is 30.2. The first-order chi connectivity index (χ1) is 28.0. The van der Waals surface area contributed by atoms with Crippen molar-refractivity contribution < 1.29 is 26.3 Å². The van der Waals surface area contributed by atoms with E-state index in [4.69, 9.17) is 0 Å². The van der Waals surface area contributed by atoms with E-state index in [1.165, 1.54) is 24.3 Å². The van der Waals surface area contributed by atoms with Crippen molar-refractivity contribution in [2.45, 2.75) is 12.4 Å². The normalized spacial score (nSPS) is 14.1. The fourth-order valence-electron chi connectivity index (χ4n) is 7.88. The van der Waals surface area contributed by atoms with E-state index < -0.39 is 23.5 Å². The van der Waals surface area contributed by atoms with Crippen LogP contribution in [0.4, 0.5) is 71.8 Å². The highest BCUT2D eigenvalue weighted by atomic mass is 19.4. The molecule has 0 aromatic heterocycles. The van der Waals surface area contributed by atoms with Gasteiger partial charge in [-0.05, 0) is 106 Å². The molecule has 8 aromatic rings. The summed E-state index contributed by atoms with van der Waals surface area (Å²) in [6.07, 6.45) is -8.95. The molecule has 0 aliphatic carbocycles. The number of hydrogen-bond donors (Lipinski definition) is 0. The van der Waals surface area contributed by atoms with E-state index in [0.717, 1.165) is 91.1 Å². The highest BCUT2D eigenvalue weighted by molar-refractivity contribution is 6.16. The van der Waals surface area contributed by atoms with Gasteiger partial charge in [0.05, 0.1) is 45.3 Å². The van der Waals surface area contributed by atoms with Gasteiger partial charge in [-0.3, -0.25) is 0 Å². The molecule has 0 N–H and O–H groups in total. The smallest absolute Gasteiger partial charge is 0.308 e. The maximum atomic E-state index is 13.6. The Hall–Kier alpha value is -6.94. The molecule has 0 unspecified atom stereocenters. The van der Waals surface area contributed by atoms with Crippen LogP contribution in [0.2, 0.25) is 0 Å². The fourth-order valence-corrected chi connectivity index (χ4v) is 7.88. The minimum atomic E-state index is -4.48. The Morgan fingerprint density at radius 1 is 0.310 bits per heavy atom. The summed E-state index contributed by atoms with van der Waals surface area (Å²) < 4.78 is 81.4. The van der Waals surface area contributed by atoms with Crippen LogP contribution in [0, 0.1) is 13.3 Å². The zero-order valence-corrected chi connectivity index (χ0v) is 30.2. The van der Waals surface area contributed by atoms with Gasteiger partial charge in [0.25, 0.3) is 0 Å². The number of anilines is 8. The van der Waals surface area contributed by atoms with Crippen molar-refractivity contribution in [1.29, 1.82) is 0 Å². The molecule has 2 aliphatic heterocycles. The molecule has 0 amide bonds. The van der Waals surface area contributed by atoms with E-state index in [1.54, 1.807) is 9.80 Å². The van der Waals surface area contributed by atoms with Crippen molar-refractivity contribution in [3.63, 3.8) is 0 Å². The van der Waals surface area contributed by atoms with Crippen molar-refractivity contribution >= 4 is 67.0 Å². The number of alkyl halides is 6. The molecule has 8 aromatic carbocycles. The summed E-state index contributed by atoms with van der Waals surface area (Å²) in [5.41, 5.74) is 5.85. The van der Waals surface area contributed by atoms with E-state index in [2.05, 4.69) is 25.5 Å². The summed E-state index contributed by atoms with van der Waals surface area (Å²) in [7, 11) is 0. The molecule has 4 radical (unpaired) electrons. The molecule has 2 aliphatic rings. The number of halogens is 6. The highest BCUT2D eigenvalue weighted by Crippen LogP contribution is 2.55. The molecule has 0 bridgehead atoms. The molecule has 0 saturated carbocycles. The lowest BCUT2D eigenvalue weighted by atomic mass is 9.90. The third-order valence-corrected chi connectivity index (χ3v) is 10.6. The molecule has 0 fully saturated rings. The molecule has 2 heterocycles. The standard InChI is InChI=1S/C48H28F6N4/c49-47(50,51)33-19-23-35(24-20-33)55-29-57(41-15-7-5-13-39(41)55)43-27-17-31-9-1-3-11-37(31)45(43)46-38-12-4-2-10-32(38)18-28-44(46)58-30-56(40-14-6-8-16-42(40)58)36-25-21-34(22-26-36)48(52,53)54/h1-28H. The van der Waals surface area contributed by atoms with Gasteiger partial charge in [-0.1, -0.05) is 84.9 Å². The van der Waals surface area contributed by atoms with Gasteiger partial charge in [0.15, 0.2) is 0 Å². The minimum absolute atomic E-state index is 0.511. The van der Waals surface area contributed by atoms with E-state index >= 15 is 0 Å². The first-order valence-corrected chi connectivity index (χ1v) is 18.3. The van der Waals surface area contributed by atoms with Gasteiger partial charge >= 0.3 is 12.4 Å². The average Bonchev–Trinajstić information content (AvgIpc) is 3.82. The van der Waals surface area contributed by atoms with E-state index in [9.17, 15) is 26.3 Å². The first kappa shape index (κ1) is 35.5.